The molecule has 1 atom stereocenters. The predicted octanol–water partition coefficient (Wildman–Crippen LogP) is 5.30. The third-order valence-corrected chi connectivity index (χ3v) is 6.66. The monoisotopic (exact) mass is 490 g/mol. The molecule has 1 heterocycles. The van der Waals surface area contributed by atoms with E-state index < -0.39 is 11.0 Å². The number of nitro benzene ring substituents is 1. The molecule has 3 aromatic rings. The second-order valence-electron chi connectivity index (χ2n) is 8.74. The van der Waals surface area contributed by atoms with Gasteiger partial charge >= 0.3 is 0 Å². The Bertz CT molecular complexity index is 1270. The van der Waals surface area contributed by atoms with Crippen molar-refractivity contribution in [1.29, 1.82) is 0 Å². The van der Waals surface area contributed by atoms with Gasteiger partial charge in [-0.3, -0.25) is 14.9 Å². The number of aryl methyl sites for hydroxylation is 2. The van der Waals surface area contributed by atoms with E-state index in [9.17, 15) is 14.9 Å². The molecule has 3 aromatic carbocycles. The van der Waals surface area contributed by atoms with Gasteiger partial charge in [-0.25, -0.2) is 0 Å². The maximum Gasteiger partial charge on any atom is 0.273 e. The van der Waals surface area contributed by atoms with Crippen LogP contribution in [-0.2, 0) is 12.8 Å². The van der Waals surface area contributed by atoms with Gasteiger partial charge in [0.2, 0.25) is 0 Å². The first-order chi connectivity index (χ1) is 17.4. The van der Waals surface area contributed by atoms with Crippen molar-refractivity contribution in [2.45, 2.75) is 32.7 Å². The van der Waals surface area contributed by atoms with Crippen molar-refractivity contribution in [1.82, 2.24) is 4.90 Å². The highest BCUT2D eigenvalue weighted by Crippen LogP contribution is 2.39. The summed E-state index contributed by atoms with van der Waals surface area (Å²) >= 11 is 0. The summed E-state index contributed by atoms with van der Waals surface area (Å²) in [5.41, 5.74) is 3.86. The lowest BCUT2D eigenvalue weighted by Crippen LogP contribution is -2.42. The molecule has 1 unspecified atom stereocenters. The standard InChI is InChI=1S/C28H30N2O6/c1-5-19-7-10-22(11-8-19)36-17-25-23-16-27(35-4)26(34-3)15-20(23)12-13-29(25)28(31)21-9-6-18(2)24(14-21)30(32)33/h6-11,14-16,25H,5,12-13,17H2,1-4H3. The molecule has 1 aliphatic rings. The van der Waals surface area contributed by atoms with E-state index in [-0.39, 0.29) is 23.8 Å². The molecule has 1 amide bonds. The van der Waals surface area contributed by atoms with Crippen LogP contribution in [0.1, 0.15) is 45.6 Å². The Kier molecular flexibility index (Phi) is 7.43. The SMILES string of the molecule is CCc1ccc(OCC2c3cc(OC)c(OC)cc3CCN2C(=O)c2ccc(C)c([N+](=O)[O-])c2)cc1. The third-order valence-electron chi connectivity index (χ3n) is 6.66. The molecule has 0 saturated heterocycles. The molecule has 0 radical (unpaired) electrons. The largest absolute Gasteiger partial charge is 0.493 e. The molecule has 0 aliphatic carbocycles. The minimum absolute atomic E-state index is 0.0755. The van der Waals surface area contributed by atoms with Gasteiger partial charge in [0.1, 0.15) is 12.4 Å². The van der Waals surface area contributed by atoms with Crippen LogP contribution >= 0.6 is 0 Å². The zero-order chi connectivity index (χ0) is 25.8. The van der Waals surface area contributed by atoms with E-state index in [2.05, 4.69) is 6.92 Å². The van der Waals surface area contributed by atoms with Gasteiger partial charge < -0.3 is 19.1 Å². The van der Waals surface area contributed by atoms with Crippen LogP contribution in [0.3, 0.4) is 0 Å². The zero-order valence-corrected chi connectivity index (χ0v) is 20.9. The zero-order valence-electron chi connectivity index (χ0n) is 20.9. The van der Waals surface area contributed by atoms with Crippen LogP contribution in [0.25, 0.3) is 0 Å². The number of methoxy groups -OCH3 is 2. The summed E-state index contributed by atoms with van der Waals surface area (Å²) in [6.45, 7) is 4.40. The highest BCUT2D eigenvalue weighted by atomic mass is 16.6. The van der Waals surface area contributed by atoms with Gasteiger partial charge in [-0.05, 0) is 66.8 Å². The number of hydrogen-bond acceptors (Lipinski definition) is 6. The van der Waals surface area contributed by atoms with Crippen molar-refractivity contribution in [2.75, 3.05) is 27.4 Å². The second-order valence-corrected chi connectivity index (χ2v) is 8.74. The van der Waals surface area contributed by atoms with Crippen LogP contribution in [0.5, 0.6) is 17.2 Å². The molecule has 0 saturated carbocycles. The molecule has 0 bridgehead atoms. The summed E-state index contributed by atoms with van der Waals surface area (Å²) in [5.74, 6) is 1.61. The van der Waals surface area contributed by atoms with Crippen LogP contribution in [0, 0.1) is 17.0 Å². The van der Waals surface area contributed by atoms with E-state index in [4.69, 9.17) is 14.2 Å². The molecule has 0 spiro atoms. The summed E-state index contributed by atoms with van der Waals surface area (Å²) in [6, 6.07) is 15.9. The van der Waals surface area contributed by atoms with Gasteiger partial charge in [0.25, 0.3) is 11.6 Å². The van der Waals surface area contributed by atoms with Crippen LogP contribution in [-0.4, -0.2) is 43.1 Å². The highest BCUT2D eigenvalue weighted by molar-refractivity contribution is 5.95. The maximum absolute atomic E-state index is 13.7. The van der Waals surface area contributed by atoms with Gasteiger partial charge in [-0.1, -0.05) is 25.1 Å². The van der Waals surface area contributed by atoms with Crippen LogP contribution in [0.15, 0.2) is 54.6 Å². The minimum Gasteiger partial charge on any atom is -0.493 e. The first kappa shape index (κ1) is 25.0. The Balaban J connectivity index is 1.71. The second kappa shape index (κ2) is 10.7. The lowest BCUT2D eigenvalue weighted by Gasteiger charge is -2.37. The summed E-state index contributed by atoms with van der Waals surface area (Å²) in [5, 5.41) is 11.5. The molecule has 8 nitrogen and oxygen atoms in total. The molecule has 36 heavy (non-hydrogen) atoms. The van der Waals surface area contributed by atoms with Gasteiger partial charge in [-0.15, -0.1) is 0 Å². The molecule has 0 N–H and O–H groups in total. The first-order valence-corrected chi connectivity index (χ1v) is 11.9. The average molecular weight is 491 g/mol. The first-order valence-electron chi connectivity index (χ1n) is 11.9. The lowest BCUT2D eigenvalue weighted by atomic mass is 9.91. The van der Waals surface area contributed by atoms with Gasteiger partial charge in [-0.2, -0.15) is 0 Å². The lowest BCUT2D eigenvalue weighted by molar-refractivity contribution is -0.385. The number of fused-ring (bicyclic) bond motifs is 1. The molecular weight excluding hydrogens is 460 g/mol. The van der Waals surface area contributed by atoms with Crippen LogP contribution in [0.2, 0.25) is 0 Å². The van der Waals surface area contributed by atoms with Crippen molar-refractivity contribution >= 4 is 11.6 Å². The Morgan fingerprint density at radius 3 is 2.39 bits per heavy atom. The topological polar surface area (TPSA) is 91.1 Å². The van der Waals surface area contributed by atoms with E-state index in [0.29, 0.717) is 35.8 Å². The minimum atomic E-state index is -0.463. The van der Waals surface area contributed by atoms with Crippen molar-refractivity contribution in [3.63, 3.8) is 0 Å². The molecular formula is C28H30N2O6. The quantitative estimate of drug-likeness (QED) is 0.314. The Morgan fingerprint density at radius 2 is 1.75 bits per heavy atom. The normalized spacial score (nSPS) is 14.7. The number of nitrogens with zero attached hydrogens (tertiary/aromatic N) is 2. The Labute approximate surface area is 210 Å². The average Bonchev–Trinajstić information content (AvgIpc) is 2.90. The molecule has 0 aromatic heterocycles. The summed E-state index contributed by atoms with van der Waals surface area (Å²) < 4.78 is 17.2. The van der Waals surface area contributed by atoms with Crippen molar-refractivity contribution in [3.05, 3.63) is 92.5 Å². The van der Waals surface area contributed by atoms with Gasteiger partial charge in [0.15, 0.2) is 11.5 Å². The van der Waals surface area contributed by atoms with Crippen molar-refractivity contribution in [3.8, 4) is 17.2 Å². The predicted molar refractivity (Wildman–Crippen MR) is 136 cm³/mol. The van der Waals surface area contributed by atoms with Crippen molar-refractivity contribution < 1.29 is 23.9 Å². The number of hydrogen-bond donors (Lipinski definition) is 0. The Hall–Kier alpha value is -4.07. The number of rotatable bonds is 8. The molecule has 188 valence electrons. The maximum atomic E-state index is 13.7. The van der Waals surface area contributed by atoms with E-state index in [1.807, 2.05) is 36.4 Å². The third kappa shape index (κ3) is 4.98. The summed E-state index contributed by atoms with van der Waals surface area (Å²) in [4.78, 5) is 26.4. The number of amides is 1. The summed E-state index contributed by atoms with van der Waals surface area (Å²) in [7, 11) is 3.16. The van der Waals surface area contributed by atoms with Gasteiger partial charge in [0, 0.05) is 23.7 Å². The molecule has 1 aliphatic heterocycles. The number of nitro groups is 1. The molecule has 4 rings (SSSR count). The van der Waals surface area contributed by atoms with E-state index in [1.165, 1.54) is 11.6 Å². The van der Waals surface area contributed by atoms with Crippen molar-refractivity contribution in [2.24, 2.45) is 0 Å². The van der Waals surface area contributed by atoms with E-state index in [1.54, 1.807) is 38.2 Å². The van der Waals surface area contributed by atoms with E-state index >= 15 is 0 Å². The summed E-state index contributed by atoms with van der Waals surface area (Å²) in [6.07, 6.45) is 1.54. The number of ether oxygens (including phenoxy) is 3. The molecule has 0 fully saturated rings. The van der Waals surface area contributed by atoms with E-state index in [0.717, 1.165) is 17.5 Å². The number of carbonyl (C=O) groups is 1. The highest BCUT2D eigenvalue weighted by Gasteiger charge is 2.34. The fraction of sp³-hybridized carbons (Fsp3) is 0.321. The smallest absolute Gasteiger partial charge is 0.273 e. The fourth-order valence-electron chi connectivity index (χ4n) is 4.55. The number of carbonyl (C=O) groups excluding carboxylic acids is 1. The van der Waals surface area contributed by atoms with Crippen LogP contribution in [0.4, 0.5) is 5.69 Å². The molecule has 8 heteroatoms. The Morgan fingerprint density at radius 1 is 1.06 bits per heavy atom. The number of benzene rings is 3. The van der Waals surface area contributed by atoms with Gasteiger partial charge in [0.05, 0.1) is 25.2 Å². The van der Waals surface area contributed by atoms with Crippen LogP contribution < -0.4 is 14.2 Å². The fourth-order valence-corrected chi connectivity index (χ4v) is 4.55.